The lowest BCUT2D eigenvalue weighted by atomic mass is 10.1. The van der Waals surface area contributed by atoms with Gasteiger partial charge in [-0.1, -0.05) is 35.1 Å². The SMILES string of the molecule is Cc1ccc(N2C(=O)[C@H]3N=NN(Cc4cccc(C(F)(F)F)c4)[C@H]3C2=O)cc1. The van der Waals surface area contributed by atoms with Gasteiger partial charge in [0.05, 0.1) is 17.8 Å². The van der Waals surface area contributed by atoms with Crippen molar-refractivity contribution < 1.29 is 22.8 Å². The second-order valence-corrected chi connectivity index (χ2v) is 6.74. The first kappa shape index (κ1) is 18.1. The van der Waals surface area contributed by atoms with E-state index >= 15 is 0 Å². The van der Waals surface area contributed by atoms with Crippen molar-refractivity contribution in [3.63, 3.8) is 0 Å². The number of halogens is 3. The van der Waals surface area contributed by atoms with Gasteiger partial charge in [-0.2, -0.15) is 18.3 Å². The number of hydrogen-bond acceptors (Lipinski definition) is 5. The molecule has 2 aliphatic heterocycles. The molecule has 4 rings (SSSR count). The van der Waals surface area contributed by atoms with Gasteiger partial charge >= 0.3 is 6.18 Å². The molecule has 0 bridgehead atoms. The van der Waals surface area contributed by atoms with E-state index in [0.717, 1.165) is 22.6 Å². The zero-order chi connectivity index (χ0) is 20.1. The third kappa shape index (κ3) is 3.02. The molecule has 0 aliphatic carbocycles. The number of rotatable bonds is 3. The van der Waals surface area contributed by atoms with E-state index in [1.165, 1.54) is 17.1 Å². The summed E-state index contributed by atoms with van der Waals surface area (Å²) in [4.78, 5) is 26.6. The number of benzene rings is 2. The first-order valence-corrected chi connectivity index (χ1v) is 8.54. The number of aryl methyl sites for hydroxylation is 1. The van der Waals surface area contributed by atoms with Crippen molar-refractivity contribution in [3.8, 4) is 0 Å². The van der Waals surface area contributed by atoms with Crippen LogP contribution in [0.3, 0.4) is 0 Å². The minimum atomic E-state index is -4.47. The second-order valence-electron chi connectivity index (χ2n) is 6.74. The number of carbonyl (C=O) groups is 2. The van der Waals surface area contributed by atoms with E-state index in [9.17, 15) is 22.8 Å². The minimum Gasteiger partial charge on any atom is -0.271 e. The van der Waals surface area contributed by atoms with Crippen LogP contribution in [0.5, 0.6) is 0 Å². The summed E-state index contributed by atoms with van der Waals surface area (Å²) in [6.45, 7) is 1.83. The Hall–Kier alpha value is -3.23. The normalized spacial score (nSPS) is 21.6. The number of nitrogens with zero attached hydrogens (tertiary/aromatic N) is 4. The highest BCUT2D eigenvalue weighted by Gasteiger charge is 2.54. The first-order valence-electron chi connectivity index (χ1n) is 8.54. The van der Waals surface area contributed by atoms with E-state index in [-0.39, 0.29) is 6.54 Å². The minimum absolute atomic E-state index is 0.0602. The maximum Gasteiger partial charge on any atom is 0.416 e. The molecule has 0 spiro atoms. The molecule has 0 radical (unpaired) electrons. The number of imide groups is 1. The van der Waals surface area contributed by atoms with E-state index in [2.05, 4.69) is 10.3 Å². The molecule has 1 saturated heterocycles. The summed E-state index contributed by atoms with van der Waals surface area (Å²) in [6.07, 6.45) is -4.47. The average Bonchev–Trinajstić information content (AvgIpc) is 3.16. The highest BCUT2D eigenvalue weighted by atomic mass is 19.4. The van der Waals surface area contributed by atoms with Gasteiger partial charge in [-0.15, -0.1) is 0 Å². The number of anilines is 1. The Kier molecular flexibility index (Phi) is 4.17. The average molecular weight is 388 g/mol. The molecule has 2 aromatic rings. The molecule has 2 aromatic carbocycles. The van der Waals surface area contributed by atoms with E-state index in [1.807, 2.05) is 6.92 Å². The summed E-state index contributed by atoms with van der Waals surface area (Å²) in [5.41, 5.74) is 0.953. The molecule has 2 atom stereocenters. The smallest absolute Gasteiger partial charge is 0.271 e. The molecule has 0 N–H and O–H groups in total. The fourth-order valence-corrected chi connectivity index (χ4v) is 3.34. The molecule has 2 aliphatic rings. The van der Waals surface area contributed by atoms with Crippen LogP contribution in [0.4, 0.5) is 18.9 Å². The van der Waals surface area contributed by atoms with Crippen molar-refractivity contribution in [1.29, 1.82) is 0 Å². The largest absolute Gasteiger partial charge is 0.416 e. The zero-order valence-electron chi connectivity index (χ0n) is 14.7. The molecule has 9 heteroatoms. The molecule has 144 valence electrons. The van der Waals surface area contributed by atoms with E-state index in [1.54, 1.807) is 24.3 Å². The van der Waals surface area contributed by atoms with Crippen molar-refractivity contribution in [3.05, 3.63) is 65.2 Å². The third-order valence-electron chi connectivity index (χ3n) is 4.75. The van der Waals surface area contributed by atoms with Crippen LogP contribution in [-0.2, 0) is 22.3 Å². The Bertz CT molecular complexity index is 972. The number of alkyl halides is 3. The maximum absolute atomic E-state index is 12.9. The monoisotopic (exact) mass is 388 g/mol. The standard InChI is InChI=1S/C19H15F3N4O2/c1-11-5-7-14(8-6-11)26-17(27)15-16(18(26)28)25(24-23-15)10-12-3-2-4-13(9-12)19(20,21)22/h2-9,15-16H,10H2,1H3/t15-,16+/m0/s1. The van der Waals surface area contributed by atoms with Gasteiger partial charge in [-0.3, -0.25) is 14.6 Å². The second kappa shape index (κ2) is 6.43. The van der Waals surface area contributed by atoms with Gasteiger partial charge in [-0.05, 0) is 36.8 Å². The van der Waals surface area contributed by atoms with Crippen LogP contribution in [0, 0.1) is 6.92 Å². The van der Waals surface area contributed by atoms with Gasteiger partial charge in [0.2, 0.25) is 0 Å². The summed E-state index contributed by atoms with van der Waals surface area (Å²) in [5.74, 6) is -0.982. The van der Waals surface area contributed by atoms with Gasteiger partial charge in [-0.25, -0.2) is 4.90 Å². The van der Waals surface area contributed by atoms with Crippen molar-refractivity contribution >= 4 is 17.5 Å². The lowest BCUT2D eigenvalue weighted by molar-refractivity contribution is -0.137. The Labute approximate surface area is 158 Å². The van der Waals surface area contributed by atoms with Gasteiger partial charge < -0.3 is 0 Å². The topological polar surface area (TPSA) is 65.3 Å². The fraction of sp³-hybridized carbons (Fsp3) is 0.263. The van der Waals surface area contributed by atoms with Crippen molar-refractivity contribution in [2.24, 2.45) is 10.3 Å². The Balaban J connectivity index is 1.58. The molecular weight excluding hydrogens is 373 g/mol. The molecule has 0 aromatic heterocycles. The highest BCUT2D eigenvalue weighted by molar-refractivity contribution is 6.25. The van der Waals surface area contributed by atoms with Gasteiger partial charge in [0.15, 0.2) is 12.1 Å². The van der Waals surface area contributed by atoms with Crippen LogP contribution >= 0.6 is 0 Å². The van der Waals surface area contributed by atoms with Crippen LogP contribution in [0.1, 0.15) is 16.7 Å². The van der Waals surface area contributed by atoms with Crippen LogP contribution in [-0.4, -0.2) is 28.9 Å². The zero-order valence-corrected chi connectivity index (χ0v) is 14.7. The van der Waals surface area contributed by atoms with Crippen molar-refractivity contribution in [2.75, 3.05) is 4.90 Å². The lowest BCUT2D eigenvalue weighted by Crippen LogP contribution is -2.39. The van der Waals surface area contributed by atoms with E-state index in [4.69, 9.17) is 0 Å². The van der Waals surface area contributed by atoms with Crippen LogP contribution in [0.2, 0.25) is 0 Å². The predicted octanol–water partition coefficient (Wildman–Crippen LogP) is 3.51. The number of fused-ring (bicyclic) bond motifs is 1. The number of carbonyl (C=O) groups excluding carboxylic acids is 2. The van der Waals surface area contributed by atoms with Crippen molar-refractivity contribution in [2.45, 2.75) is 31.7 Å². The van der Waals surface area contributed by atoms with Gasteiger partial charge in [0, 0.05) is 0 Å². The van der Waals surface area contributed by atoms with E-state index < -0.39 is 35.6 Å². The highest BCUT2D eigenvalue weighted by Crippen LogP contribution is 2.34. The molecule has 2 amide bonds. The molecule has 1 fully saturated rings. The lowest BCUT2D eigenvalue weighted by Gasteiger charge is -2.21. The molecule has 28 heavy (non-hydrogen) atoms. The fourth-order valence-electron chi connectivity index (χ4n) is 3.34. The Morgan fingerprint density at radius 1 is 1.04 bits per heavy atom. The quantitative estimate of drug-likeness (QED) is 0.756. The Morgan fingerprint density at radius 2 is 1.75 bits per heavy atom. The molecular formula is C19H15F3N4O2. The summed E-state index contributed by atoms with van der Waals surface area (Å²) in [7, 11) is 0. The molecule has 0 saturated carbocycles. The van der Waals surface area contributed by atoms with Crippen LogP contribution in [0.15, 0.2) is 58.9 Å². The number of hydrogen-bond donors (Lipinski definition) is 0. The third-order valence-corrected chi connectivity index (χ3v) is 4.75. The van der Waals surface area contributed by atoms with Gasteiger partial charge in [0.1, 0.15) is 0 Å². The molecule has 2 heterocycles. The van der Waals surface area contributed by atoms with Crippen LogP contribution in [0.25, 0.3) is 0 Å². The van der Waals surface area contributed by atoms with Gasteiger partial charge in [0.25, 0.3) is 11.8 Å². The van der Waals surface area contributed by atoms with Crippen molar-refractivity contribution in [1.82, 2.24) is 5.01 Å². The number of amides is 2. The molecule has 6 nitrogen and oxygen atoms in total. The molecule has 0 unspecified atom stereocenters. The summed E-state index contributed by atoms with van der Waals surface area (Å²) < 4.78 is 38.7. The summed E-state index contributed by atoms with van der Waals surface area (Å²) in [5, 5.41) is 9.02. The van der Waals surface area contributed by atoms with Crippen LogP contribution < -0.4 is 4.90 Å². The van der Waals surface area contributed by atoms with E-state index in [0.29, 0.717) is 11.3 Å². The summed E-state index contributed by atoms with van der Waals surface area (Å²) >= 11 is 0. The predicted molar refractivity (Wildman–Crippen MR) is 93.1 cm³/mol. The summed E-state index contributed by atoms with van der Waals surface area (Å²) in [6, 6.07) is 9.74. The Morgan fingerprint density at radius 3 is 2.43 bits per heavy atom. The first-order chi connectivity index (χ1) is 13.3. The maximum atomic E-state index is 12.9.